The number of aliphatic hydroxyl groups excluding tert-OH is 1. The smallest absolute Gasteiger partial charge is 0.251 e. The van der Waals surface area contributed by atoms with E-state index >= 15 is 0 Å². The summed E-state index contributed by atoms with van der Waals surface area (Å²) in [4.78, 5) is 11.8. The Morgan fingerprint density at radius 3 is 2.74 bits per heavy atom. The van der Waals surface area contributed by atoms with E-state index in [1.54, 1.807) is 0 Å². The molecule has 3 nitrogen and oxygen atoms in total. The lowest BCUT2D eigenvalue weighted by Gasteiger charge is -2.21. The second-order valence-electron chi connectivity index (χ2n) is 5.31. The van der Waals surface area contributed by atoms with Crippen LogP contribution >= 0.6 is 15.9 Å². The van der Waals surface area contributed by atoms with Gasteiger partial charge >= 0.3 is 0 Å². The number of hydrogen-bond acceptors (Lipinski definition) is 2. The minimum absolute atomic E-state index is 0.121. The molecule has 1 aromatic rings. The molecule has 0 radical (unpaired) electrons. The average Bonchev–Trinajstić information content (AvgIpc) is 2.37. The van der Waals surface area contributed by atoms with Gasteiger partial charge in [-0.25, -0.2) is 4.39 Å². The highest BCUT2D eigenvalue weighted by Crippen LogP contribution is 2.20. The van der Waals surface area contributed by atoms with Crippen LogP contribution in [0.3, 0.4) is 0 Å². The molecular formula is C14H19BrFNO2. The fourth-order valence-electron chi connectivity index (χ4n) is 1.59. The Bertz CT molecular complexity index is 449. The molecular weight excluding hydrogens is 313 g/mol. The second kappa shape index (κ2) is 7.01. The van der Waals surface area contributed by atoms with Crippen molar-refractivity contribution in [2.24, 2.45) is 5.41 Å². The number of carbonyl (C=O) groups excluding carboxylic acids is 1. The van der Waals surface area contributed by atoms with E-state index in [1.807, 2.05) is 13.8 Å². The van der Waals surface area contributed by atoms with Crippen LogP contribution in [0, 0.1) is 11.2 Å². The van der Waals surface area contributed by atoms with Crippen molar-refractivity contribution in [3.05, 3.63) is 34.1 Å². The molecule has 0 atom stereocenters. The van der Waals surface area contributed by atoms with Crippen molar-refractivity contribution in [3.63, 3.8) is 0 Å². The fraction of sp³-hybridized carbons (Fsp3) is 0.500. The molecule has 106 valence electrons. The van der Waals surface area contributed by atoms with Gasteiger partial charge < -0.3 is 10.4 Å². The Labute approximate surface area is 121 Å². The predicted molar refractivity (Wildman–Crippen MR) is 76.5 cm³/mol. The van der Waals surface area contributed by atoms with Gasteiger partial charge in [0, 0.05) is 18.7 Å². The van der Waals surface area contributed by atoms with Crippen molar-refractivity contribution < 1.29 is 14.3 Å². The van der Waals surface area contributed by atoms with Crippen LogP contribution in [0.15, 0.2) is 22.7 Å². The molecule has 0 spiro atoms. The summed E-state index contributed by atoms with van der Waals surface area (Å²) in [6.45, 7) is 4.63. The monoisotopic (exact) mass is 331 g/mol. The van der Waals surface area contributed by atoms with Crippen molar-refractivity contribution in [2.75, 3.05) is 13.2 Å². The maximum atomic E-state index is 13.0. The summed E-state index contributed by atoms with van der Waals surface area (Å²) >= 11 is 3.05. The summed E-state index contributed by atoms with van der Waals surface area (Å²) in [5.74, 6) is -0.608. The van der Waals surface area contributed by atoms with E-state index in [1.165, 1.54) is 18.2 Å². The topological polar surface area (TPSA) is 49.3 Å². The van der Waals surface area contributed by atoms with Gasteiger partial charge in [0.1, 0.15) is 5.82 Å². The summed E-state index contributed by atoms with van der Waals surface area (Å²) in [5.41, 5.74) is 0.304. The summed E-state index contributed by atoms with van der Waals surface area (Å²) in [5, 5.41) is 11.9. The van der Waals surface area contributed by atoms with Crippen LogP contribution in [-0.4, -0.2) is 24.2 Å². The highest BCUT2D eigenvalue weighted by atomic mass is 79.9. The third kappa shape index (κ3) is 5.28. The number of nitrogens with one attached hydrogen (secondary N) is 1. The first-order valence-corrected chi connectivity index (χ1v) is 6.99. The fourth-order valence-corrected chi connectivity index (χ4v) is 1.97. The first-order valence-electron chi connectivity index (χ1n) is 6.20. The third-order valence-electron chi connectivity index (χ3n) is 2.93. The van der Waals surface area contributed by atoms with Gasteiger partial charge in [-0.15, -0.1) is 0 Å². The van der Waals surface area contributed by atoms with Crippen LogP contribution in [0.2, 0.25) is 0 Å². The van der Waals surface area contributed by atoms with Crippen LogP contribution < -0.4 is 5.32 Å². The summed E-state index contributed by atoms with van der Waals surface area (Å²) in [7, 11) is 0. The molecule has 0 aromatic heterocycles. The van der Waals surface area contributed by atoms with Crippen LogP contribution in [0.1, 0.15) is 37.0 Å². The first-order chi connectivity index (χ1) is 8.85. The van der Waals surface area contributed by atoms with E-state index in [9.17, 15) is 9.18 Å². The van der Waals surface area contributed by atoms with E-state index in [-0.39, 0.29) is 28.2 Å². The Morgan fingerprint density at radius 2 is 2.16 bits per heavy atom. The second-order valence-corrected chi connectivity index (χ2v) is 6.17. The number of halogens is 2. The van der Waals surface area contributed by atoms with Crippen molar-refractivity contribution in [1.82, 2.24) is 5.32 Å². The summed E-state index contributed by atoms with van der Waals surface area (Å²) in [6, 6.07) is 4.17. The van der Waals surface area contributed by atoms with Gasteiger partial charge in [-0.2, -0.15) is 0 Å². The minimum atomic E-state index is -0.388. The van der Waals surface area contributed by atoms with Crippen molar-refractivity contribution in [3.8, 4) is 0 Å². The van der Waals surface area contributed by atoms with Gasteiger partial charge in [-0.05, 0) is 52.4 Å². The van der Waals surface area contributed by atoms with E-state index in [2.05, 4.69) is 21.2 Å². The molecule has 1 rings (SSSR count). The quantitative estimate of drug-likeness (QED) is 0.787. The van der Waals surface area contributed by atoms with E-state index in [0.29, 0.717) is 12.1 Å². The zero-order chi connectivity index (χ0) is 14.5. The van der Waals surface area contributed by atoms with Crippen molar-refractivity contribution in [1.29, 1.82) is 0 Å². The van der Waals surface area contributed by atoms with Gasteiger partial charge in [0.2, 0.25) is 0 Å². The Morgan fingerprint density at radius 1 is 1.47 bits per heavy atom. The molecule has 1 aromatic carbocycles. The molecule has 0 fully saturated rings. The van der Waals surface area contributed by atoms with Crippen molar-refractivity contribution in [2.45, 2.75) is 26.7 Å². The zero-order valence-corrected chi connectivity index (χ0v) is 12.8. The van der Waals surface area contributed by atoms with Gasteiger partial charge in [0.25, 0.3) is 5.91 Å². The summed E-state index contributed by atoms with van der Waals surface area (Å²) in [6.07, 6.45) is 1.62. The number of benzene rings is 1. The molecule has 0 heterocycles. The van der Waals surface area contributed by atoms with E-state index in [4.69, 9.17) is 5.11 Å². The largest absolute Gasteiger partial charge is 0.396 e. The molecule has 5 heteroatoms. The number of amides is 1. The predicted octanol–water partition coefficient (Wildman–Crippen LogP) is 3.12. The standard InChI is InChI=1S/C14H19BrFNO2/c1-14(2,9-18)6-3-7-17-13(19)10-4-5-12(16)11(15)8-10/h4-5,8,18H,3,6-7,9H2,1-2H3,(H,17,19). The van der Waals surface area contributed by atoms with Crippen LogP contribution in [0.4, 0.5) is 4.39 Å². The average molecular weight is 332 g/mol. The van der Waals surface area contributed by atoms with Gasteiger partial charge in [-0.1, -0.05) is 13.8 Å². The van der Waals surface area contributed by atoms with Crippen molar-refractivity contribution >= 4 is 21.8 Å². The molecule has 0 bridgehead atoms. The Kier molecular flexibility index (Phi) is 5.94. The Hall–Kier alpha value is -0.940. The maximum absolute atomic E-state index is 13.0. The lowest BCUT2D eigenvalue weighted by molar-refractivity contribution is 0.0948. The van der Waals surface area contributed by atoms with Crippen LogP contribution in [0.5, 0.6) is 0 Å². The van der Waals surface area contributed by atoms with E-state index in [0.717, 1.165) is 12.8 Å². The molecule has 0 saturated heterocycles. The lowest BCUT2D eigenvalue weighted by Crippen LogP contribution is -2.26. The number of carbonyl (C=O) groups is 1. The zero-order valence-electron chi connectivity index (χ0n) is 11.2. The molecule has 0 unspecified atom stereocenters. The van der Waals surface area contributed by atoms with Gasteiger partial charge in [0.05, 0.1) is 4.47 Å². The SMILES string of the molecule is CC(C)(CO)CCCNC(=O)c1ccc(F)c(Br)c1. The number of rotatable bonds is 6. The first kappa shape index (κ1) is 16.1. The Balaban J connectivity index is 2.41. The number of hydrogen-bond donors (Lipinski definition) is 2. The molecule has 0 aliphatic rings. The highest BCUT2D eigenvalue weighted by molar-refractivity contribution is 9.10. The van der Waals surface area contributed by atoms with E-state index < -0.39 is 0 Å². The maximum Gasteiger partial charge on any atom is 0.251 e. The molecule has 1 amide bonds. The van der Waals surface area contributed by atoms with Crippen LogP contribution in [-0.2, 0) is 0 Å². The summed E-state index contributed by atoms with van der Waals surface area (Å²) < 4.78 is 13.3. The highest BCUT2D eigenvalue weighted by Gasteiger charge is 2.15. The molecule has 2 N–H and O–H groups in total. The van der Waals surface area contributed by atoms with Crippen LogP contribution in [0.25, 0.3) is 0 Å². The lowest BCUT2D eigenvalue weighted by atomic mass is 9.89. The normalized spacial score (nSPS) is 11.4. The molecule has 0 aliphatic carbocycles. The molecule has 0 aliphatic heterocycles. The van der Waals surface area contributed by atoms with Gasteiger partial charge in [0.15, 0.2) is 0 Å². The third-order valence-corrected chi connectivity index (χ3v) is 3.53. The molecule has 19 heavy (non-hydrogen) atoms. The van der Waals surface area contributed by atoms with Gasteiger partial charge in [-0.3, -0.25) is 4.79 Å². The molecule has 0 saturated carbocycles. The number of aliphatic hydroxyl groups is 1. The minimum Gasteiger partial charge on any atom is -0.396 e.